The first-order chi connectivity index (χ1) is 7.02. The first-order valence-electron chi connectivity index (χ1n) is 5.62. The zero-order valence-electron chi connectivity index (χ0n) is 10.0. The molecule has 0 saturated heterocycles. The fourth-order valence-electron chi connectivity index (χ4n) is 1.58. The van der Waals surface area contributed by atoms with Gasteiger partial charge in [0.1, 0.15) is 0 Å². The van der Waals surface area contributed by atoms with Crippen molar-refractivity contribution in [3.63, 3.8) is 0 Å². The first kappa shape index (κ1) is 12.3. The third-order valence-electron chi connectivity index (χ3n) is 2.72. The van der Waals surface area contributed by atoms with E-state index in [9.17, 15) is 0 Å². The quantitative estimate of drug-likeness (QED) is 0.624. The van der Waals surface area contributed by atoms with Crippen LogP contribution in [0, 0.1) is 0 Å². The summed E-state index contributed by atoms with van der Waals surface area (Å²) in [5, 5.41) is 3.45. The number of nitrogens with one attached hydrogen (secondary N) is 2. The van der Waals surface area contributed by atoms with Crippen molar-refractivity contribution in [2.75, 3.05) is 13.1 Å². The van der Waals surface area contributed by atoms with Gasteiger partial charge in [-0.05, 0) is 31.5 Å². The van der Waals surface area contributed by atoms with E-state index in [1.54, 1.807) is 0 Å². The lowest BCUT2D eigenvalue weighted by molar-refractivity contribution is 0.459. The number of rotatable bonds is 6. The molecule has 1 atom stereocenters. The highest BCUT2D eigenvalue weighted by molar-refractivity contribution is 5.20. The maximum atomic E-state index is 5.69. The Bertz CT molecular complexity index is 262. The molecule has 0 aliphatic rings. The van der Waals surface area contributed by atoms with E-state index in [4.69, 9.17) is 5.73 Å². The summed E-state index contributed by atoms with van der Waals surface area (Å²) >= 11 is 0. The van der Waals surface area contributed by atoms with Gasteiger partial charge in [-0.2, -0.15) is 0 Å². The van der Waals surface area contributed by atoms with Crippen molar-refractivity contribution in [1.29, 1.82) is 0 Å². The molecule has 15 heavy (non-hydrogen) atoms. The Balaban J connectivity index is 2.31. The molecule has 1 unspecified atom stereocenters. The normalized spacial score (nSPS) is 14.1. The van der Waals surface area contributed by atoms with Crippen LogP contribution in [0.15, 0.2) is 18.5 Å². The summed E-state index contributed by atoms with van der Waals surface area (Å²) in [4.78, 5) is 3.10. The van der Waals surface area contributed by atoms with E-state index < -0.39 is 0 Å². The second-order valence-corrected chi connectivity index (χ2v) is 4.93. The van der Waals surface area contributed by atoms with Crippen LogP contribution in [0.2, 0.25) is 0 Å². The summed E-state index contributed by atoms with van der Waals surface area (Å²) in [5.74, 6) is 0. The lowest BCUT2D eigenvalue weighted by Gasteiger charge is -2.24. The van der Waals surface area contributed by atoms with Gasteiger partial charge in [-0.25, -0.2) is 0 Å². The van der Waals surface area contributed by atoms with Gasteiger partial charge in [-0.15, -0.1) is 0 Å². The Morgan fingerprint density at radius 3 is 2.80 bits per heavy atom. The molecule has 1 aromatic rings. The van der Waals surface area contributed by atoms with Gasteiger partial charge in [-0.1, -0.05) is 13.8 Å². The van der Waals surface area contributed by atoms with Crippen LogP contribution >= 0.6 is 0 Å². The first-order valence-corrected chi connectivity index (χ1v) is 5.62. The van der Waals surface area contributed by atoms with Crippen molar-refractivity contribution in [2.24, 2.45) is 5.73 Å². The Morgan fingerprint density at radius 1 is 1.53 bits per heavy atom. The molecule has 86 valence electrons. The van der Waals surface area contributed by atoms with Gasteiger partial charge in [0.2, 0.25) is 0 Å². The average Bonchev–Trinajstić information content (AvgIpc) is 2.65. The number of aromatic nitrogens is 1. The summed E-state index contributed by atoms with van der Waals surface area (Å²) in [6, 6.07) is 2.42. The lowest BCUT2D eigenvalue weighted by atomic mass is 9.86. The van der Waals surface area contributed by atoms with Crippen LogP contribution in [0.4, 0.5) is 0 Å². The average molecular weight is 209 g/mol. The summed E-state index contributed by atoms with van der Waals surface area (Å²) in [5.41, 5.74) is 7.21. The fourth-order valence-corrected chi connectivity index (χ4v) is 1.58. The molecule has 0 spiro atoms. The molecule has 4 N–H and O–H groups in total. The largest absolute Gasteiger partial charge is 0.367 e. The summed E-state index contributed by atoms with van der Waals surface area (Å²) in [6.45, 7) is 8.51. The number of hydrogen-bond donors (Lipinski definition) is 3. The van der Waals surface area contributed by atoms with E-state index in [1.165, 1.54) is 5.56 Å². The van der Waals surface area contributed by atoms with Gasteiger partial charge >= 0.3 is 0 Å². The third-order valence-corrected chi connectivity index (χ3v) is 2.72. The highest BCUT2D eigenvalue weighted by Crippen LogP contribution is 2.21. The van der Waals surface area contributed by atoms with Gasteiger partial charge in [0.15, 0.2) is 0 Å². The number of hydrogen-bond acceptors (Lipinski definition) is 2. The van der Waals surface area contributed by atoms with E-state index in [2.05, 4.69) is 36.4 Å². The number of H-pyrrole nitrogens is 1. The van der Waals surface area contributed by atoms with Crippen molar-refractivity contribution in [2.45, 2.75) is 38.6 Å². The van der Waals surface area contributed by atoms with Crippen LogP contribution < -0.4 is 11.1 Å². The smallest absolute Gasteiger partial charge is 0.00437 e. The predicted molar refractivity (Wildman–Crippen MR) is 65.0 cm³/mol. The zero-order valence-corrected chi connectivity index (χ0v) is 10.0. The van der Waals surface area contributed by atoms with Gasteiger partial charge in [0, 0.05) is 30.4 Å². The van der Waals surface area contributed by atoms with Gasteiger partial charge < -0.3 is 16.0 Å². The Hall–Kier alpha value is -0.800. The van der Waals surface area contributed by atoms with Crippen molar-refractivity contribution in [3.8, 4) is 0 Å². The van der Waals surface area contributed by atoms with E-state index in [0.29, 0.717) is 0 Å². The van der Waals surface area contributed by atoms with Crippen LogP contribution in [0.1, 0.15) is 32.8 Å². The molecule has 0 radical (unpaired) electrons. The Morgan fingerprint density at radius 2 is 2.27 bits per heavy atom. The zero-order chi connectivity index (χ0) is 11.3. The second kappa shape index (κ2) is 5.33. The topological polar surface area (TPSA) is 53.8 Å². The summed E-state index contributed by atoms with van der Waals surface area (Å²) in [6.07, 6.45) is 5.06. The molecule has 0 bridgehead atoms. The minimum atomic E-state index is 0.178. The molecule has 0 amide bonds. The van der Waals surface area contributed by atoms with Crippen molar-refractivity contribution in [3.05, 3.63) is 24.0 Å². The van der Waals surface area contributed by atoms with Crippen LogP contribution in [0.25, 0.3) is 0 Å². The Kier molecular flexibility index (Phi) is 4.36. The molecule has 0 aliphatic carbocycles. The molecule has 1 aromatic heterocycles. The number of nitrogens with two attached hydrogens (primary N) is 1. The van der Waals surface area contributed by atoms with E-state index in [-0.39, 0.29) is 11.5 Å². The SMILES string of the molecule is CC(N)CCNCC(C)(C)c1cc[nH]c1. The molecule has 3 heteroatoms. The molecule has 1 heterocycles. The molecule has 0 saturated carbocycles. The standard InChI is InChI=1S/C12H23N3/c1-10(13)4-6-15-9-12(2,3)11-5-7-14-8-11/h5,7-8,10,14-15H,4,6,9,13H2,1-3H3. The fraction of sp³-hybridized carbons (Fsp3) is 0.667. The van der Waals surface area contributed by atoms with Crippen molar-refractivity contribution < 1.29 is 0 Å². The minimum Gasteiger partial charge on any atom is -0.367 e. The summed E-state index contributed by atoms with van der Waals surface area (Å²) < 4.78 is 0. The van der Waals surface area contributed by atoms with Gasteiger partial charge in [0.25, 0.3) is 0 Å². The van der Waals surface area contributed by atoms with E-state index in [0.717, 1.165) is 19.5 Å². The maximum absolute atomic E-state index is 5.69. The Labute approximate surface area is 92.4 Å². The van der Waals surface area contributed by atoms with Crippen LogP contribution in [0.3, 0.4) is 0 Å². The molecule has 1 rings (SSSR count). The van der Waals surface area contributed by atoms with Crippen molar-refractivity contribution >= 4 is 0 Å². The minimum absolute atomic E-state index is 0.178. The molecular weight excluding hydrogens is 186 g/mol. The van der Waals surface area contributed by atoms with Gasteiger partial charge in [0.05, 0.1) is 0 Å². The maximum Gasteiger partial charge on any atom is 0.00437 e. The van der Waals surface area contributed by atoms with Gasteiger partial charge in [-0.3, -0.25) is 0 Å². The molecular formula is C12H23N3. The van der Waals surface area contributed by atoms with Crippen LogP contribution in [-0.4, -0.2) is 24.1 Å². The highest BCUT2D eigenvalue weighted by Gasteiger charge is 2.19. The van der Waals surface area contributed by atoms with Crippen molar-refractivity contribution in [1.82, 2.24) is 10.3 Å². The highest BCUT2D eigenvalue weighted by atomic mass is 14.9. The van der Waals surface area contributed by atoms with E-state index >= 15 is 0 Å². The predicted octanol–water partition coefficient (Wildman–Crippen LogP) is 1.62. The van der Waals surface area contributed by atoms with Crippen LogP contribution in [-0.2, 0) is 5.41 Å². The molecule has 0 aromatic carbocycles. The molecule has 3 nitrogen and oxygen atoms in total. The molecule has 0 fully saturated rings. The summed E-state index contributed by atoms with van der Waals surface area (Å²) in [7, 11) is 0. The number of aromatic amines is 1. The van der Waals surface area contributed by atoms with E-state index in [1.807, 2.05) is 13.1 Å². The third kappa shape index (κ3) is 4.06. The monoisotopic (exact) mass is 209 g/mol. The molecule has 0 aliphatic heterocycles. The van der Waals surface area contributed by atoms with Crippen LogP contribution in [0.5, 0.6) is 0 Å². The second-order valence-electron chi connectivity index (χ2n) is 4.93. The lowest BCUT2D eigenvalue weighted by Crippen LogP contribution is -2.34.